The number of ether oxygens (including phenoxy) is 2. The fourth-order valence-corrected chi connectivity index (χ4v) is 2.48. The number of nitrogens with one attached hydrogen (secondary N) is 1. The number of hydrogen-bond donors (Lipinski definition) is 2. The van der Waals surface area contributed by atoms with Crippen LogP contribution in [0.4, 0.5) is 4.39 Å². The summed E-state index contributed by atoms with van der Waals surface area (Å²) in [6.45, 7) is 1.39. The molecule has 0 aromatic heterocycles. The molecule has 0 amide bonds. The highest BCUT2D eigenvalue weighted by atomic mass is 19.1. The molecular formula is C15H23FN2O2. The molecule has 1 saturated heterocycles. The van der Waals surface area contributed by atoms with E-state index in [0.717, 1.165) is 37.2 Å². The third-order valence-electron chi connectivity index (χ3n) is 3.62. The maximum Gasteiger partial charge on any atom is 0.119 e. The summed E-state index contributed by atoms with van der Waals surface area (Å²) in [5, 5.41) is 3.31. The van der Waals surface area contributed by atoms with E-state index in [2.05, 4.69) is 5.32 Å². The van der Waals surface area contributed by atoms with Crippen LogP contribution in [-0.2, 0) is 4.74 Å². The normalized spacial score (nSPS) is 19.6. The molecule has 0 bridgehead atoms. The second kappa shape index (κ2) is 7.57. The highest BCUT2D eigenvalue weighted by Crippen LogP contribution is 2.24. The molecule has 3 N–H and O–H groups in total. The fraction of sp³-hybridized carbons (Fsp3) is 0.600. The van der Waals surface area contributed by atoms with Crippen LogP contribution in [0.2, 0.25) is 0 Å². The molecule has 2 unspecified atom stereocenters. The molecule has 0 spiro atoms. The third kappa shape index (κ3) is 3.91. The summed E-state index contributed by atoms with van der Waals surface area (Å²) in [7, 11) is 1.54. The summed E-state index contributed by atoms with van der Waals surface area (Å²) >= 11 is 0. The number of alkyl halides is 1. The Morgan fingerprint density at radius 1 is 1.30 bits per heavy atom. The number of halogens is 1. The fourth-order valence-electron chi connectivity index (χ4n) is 2.48. The van der Waals surface area contributed by atoms with E-state index in [1.54, 1.807) is 7.11 Å². The lowest BCUT2D eigenvalue weighted by Gasteiger charge is -2.24. The number of rotatable bonds is 6. The minimum atomic E-state index is -0.642. The second-order valence-electron chi connectivity index (χ2n) is 5.11. The van der Waals surface area contributed by atoms with E-state index >= 15 is 0 Å². The first kappa shape index (κ1) is 15.2. The predicted octanol–water partition coefficient (Wildman–Crippen LogP) is 1.80. The van der Waals surface area contributed by atoms with Gasteiger partial charge in [-0.3, -0.25) is 0 Å². The molecule has 1 aromatic rings. The molecule has 2 rings (SSSR count). The minimum absolute atomic E-state index is 0.272. The Balaban J connectivity index is 1.97. The first-order valence-corrected chi connectivity index (χ1v) is 7.06. The van der Waals surface area contributed by atoms with Crippen molar-refractivity contribution in [3.63, 3.8) is 0 Å². The highest BCUT2D eigenvalue weighted by Gasteiger charge is 2.20. The van der Waals surface area contributed by atoms with Crippen molar-refractivity contribution in [3.8, 4) is 5.75 Å². The average molecular weight is 282 g/mol. The Kier molecular flexibility index (Phi) is 5.76. The highest BCUT2D eigenvalue weighted by molar-refractivity contribution is 5.29. The topological polar surface area (TPSA) is 56.5 Å². The summed E-state index contributed by atoms with van der Waals surface area (Å²) in [6, 6.07) is 6.93. The van der Waals surface area contributed by atoms with Crippen LogP contribution in [0.15, 0.2) is 24.3 Å². The molecule has 1 fully saturated rings. The summed E-state index contributed by atoms with van der Waals surface area (Å²) in [5.41, 5.74) is 6.58. The molecule has 1 heterocycles. The minimum Gasteiger partial charge on any atom is -0.490 e. The van der Waals surface area contributed by atoms with E-state index < -0.39 is 18.8 Å². The van der Waals surface area contributed by atoms with Crippen molar-refractivity contribution in [2.45, 2.75) is 31.1 Å². The van der Waals surface area contributed by atoms with E-state index in [0.29, 0.717) is 0 Å². The maximum atomic E-state index is 12.7. The van der Waals surface area contributed by atoms with Gasteiger partial charge in [-0.05, 0) is 43.6 Å². The Labute approximate surface area is 119 Å². The van der Waals surface area contributed by atoms with Crippen molar-refractivity contribution in [3.05, 3.63) is 29.8 Å². The smallest absolute Gasteiger partial charge is 0.119 e. The predicted molar refractivity (Wildman–Crippen MR) is 76.7 cm³/mol. The summed E-state index contributed by atoms with van der Waals surface area (Å²) < 4.78 is 23.9. The zero-order valence-corrected chi connectivity index (χ0v) is 11.8. The first-order chi connectivity index (χ1) is 9.74. The quantitative estimate of drug-likeness (QED) is 0.835. The van der Waals surface area contributed by atoms with Gasteiger partial charge >= 0.3 is 0 Å². The lowest BCUT2D eigenvalue weighted by molar-refractivity contribution is 0.0719. The van der Waals surface area contributed by atoms with Crippen LogP contribution >= 0.6 is 0 Å². The van der Waals surface area contributed by atoms with Crippen LogP contribution in [0.5, 0.6) is 5.75 Å². The van der Waals surface area contributed by atoms with Gasteiger partial charge in [0.05, 0.1) is 12.1 Å². The molecule has 0 radical (unpaired) electrons. The zero-order valence-electron chi connectivity index (χ0n) is 11.8. The number of hydrogen-bond acceptors (Lipinski definition) is 4. The van der Waals surface area contributed by atoms with Gasteiger partial charge in [0.2, 0.25) is 0 Å². The Bertz CT molecular complexity index is 393. The van der Waals surface area contributed by atoms with Gasteiger partial charge < -0.3 is 20.5 Å². The third-order valence-corrected chi connectivity index (χ3v) is 3.62. The van der Waals surface area contributed by atoms with Gasteiger partial charge in [-0.1, -0.05) is 12.1 Å². The van der Waals surface area contributed by atoms with Crippen molar-refractivity contribution in [1.29, 1.82) is 0 Å². The number of benzene rings is 1. The zero-order chi connectivity index (χ0) is 14.4. The largest absolute Gasteiger partial charge is 0.490 e. The van der Waals surface area contributed by atoms with Crippen LogP contribution in [-0.4, -0.2) is 39.0 Å². The molecule has 2 atom stereocenters. The van der Waals surface area contributed by atoms with E-state index in [4.69, 9.17) is 15.2 Å². The second-order valence-corrected chi connectivity index (χ2v) is 5.11. The SMILES string of the molecule is COC(c1ccc(OC2CCNCC2)cc1)C(N)CF. The first-order valence-electron chi connectivity index (χ1n) is 7.06. The van der Waals surface area contributed by atoms with Crippen LogP contribution < -0.4 is 15.8 Å². The molecule has 4 nitrogen and oxygen atoms in total. The van der Waals surface area contributed by atoms with Crippen molar-refractivity contribution in [1.82, 2.24) is 5.32 Å². The molecule has 112 valence electrons. The molecule has 20 heavy (non-hydrogen) atoms. The van der Waals surface area contributed by atoms with E-state index in [-0.39, 0.29) is 6.10 Å². The van der Waals surface area contributed by atoms with Crippen LogP contribution in [0.3, 0.4) is 0 Å². The number of nitrogens with two attached hydrogens (primary N) is 1. The molecule has 1 aromatic carbocycles. The summed E-state index contributed by atoms with van der Waals surface area (Å²) in [4.78, 5) is 0. The van der Waals surface area contributed by atoms with Crippen molar-refractivity contribution in [2.75, 3.05) is 26.9 Å². The lowest BCUT2D eigenvalue weighted by atomic mass is 10.0. The molecular weight excluding hydrogens is 259 g/mol. The van der Waals surface area contributed by atoms with Crippen molar-refractivity contribution < 1.29 is 13.9 Å². The van der Waals surface area contributed by atoms with E-state index in [1.807, 2.05) is 24.3 Å². The molecule has 5 heteroatoms. The van der Waals surface area contributed by atoms with Gasteiger partial charge in [0.25, 0.3) is 0 Å². The van der Waals surface area contributed by atoms with E-state index in [1.165, 1.54) is 0 Å². The average Bonchev–Trinajstić information content (AvgIpc) is 2.50. The molecule has 0 saturated carbocycles. The van der Waals surface area contributed by atoms with Gasteiger partial charge in [0, 0.05) is 7.11 Å². The summed E-state index contributed by atoms with van der Waals surface area (Å²) in [6.07, 6.45) is 1.89. The Hall–Kier alpha value is -1.17. The van der Waals surface area contributed by atoms with Crippen LogP contribution in [0.1, 0.15) is 24.5 Å². The van der Waals surface area contributed by atoms with Gasteiger partial charge in [-0.25, -0.2) is 4.39 Å². The lowest BCUT2D eigenvalue weighted by Crippen LogP contribution is -2.34. The van der Waals surface area contributed by atoms with Crippen molar-refractivity contribution >= 4 is 0 Å². The van der Waals surface area contributed by atoms with Gasteiger partial charge in [0.1, 0.15) is 18.5 Å². The summed E-state index contributed by atoms with van der Waals surface area (Å²) in [5.74, 6) is 0.837. The molecule has 1 aliphatic heterocycles. The maximum absolute atomic E-state index is 12.7. The van der Waals surface area contributed by atoms with Gasteiger partial charge in [-0.2, -0.15) is 0 Å². The standard InChI is InChI=1S/C15H23FN2O2/c1-19-15(14(17)10-16)11-2-4-12(5-3-11)20-13-6-8-18-9-7-13/h2-5,13-15,18H,6-10,17H2,1H3. The van der Waals surface area contributed by atoms with E-state index in [9.17, 15) is 4.39 Å². The van der Waals surface area contributed by atoms with Crippen LogP contribution in [0, 0.1) is 0 Å². The van der Waals surface area contributed by atoms with Gasteiger partial charge in [-0.15, -0.1) is 0 Å². The number of methoxy groups -OCH3 is 1. The van der Waals surface area contributed by atoms with Gasteiger partial charge in [0.15, 0.2) is 0 Å². The number of piperidine rings is 1. The monoisotopic (exact) mass is 282 g/mol. The Morgan fingerprint density at radius 2 is 1.95 bits per heavy atom. The van der Waals surface area contributed by atoms with Crippen molar-refractivity contribution in [2.24, 2.45) is 5.73 Å². The van der Waals surface area contributed by atoms with Crippen LogP contribution in [0.25, 0.3) is 0 Å². The Morgan fingerprint density at radius 3 is 2.50 bits per heavy atom. The molecule has 0 aliphatic carbocycles. The molecule has 1 aliphatic rings.